The lowest BCUT2D eigenvalue weighted by Gasteiger charge is -2.22. The number of nitrogens with one attached hydrogen (secondary N) is 1. The minimum absolute atomic E-state index is 0.0615. The van der Waals surface area contributed by atoms with Gasteiger partial charge in [-0.3, -0.25) is 9.59 Å². The Morgan fingerprint density at radius 2 is 1.66 bits per heavy atom. The van der Waals surface area contributed by atoms with Crippen LogP contribution < -0.4 is 15.0 Å². The molecule has 0 aliphatic heterocycles. The molecule has 4 aromatic rings. The third-order valence-electron chi connectivity index (χ3n) is 6.34. The monoisotopic (exact) mass is 555 g/mol. The average Bonchev–Trinajstić information content (AvgIpc) is 3.50. The summed E-state index contributed by atoms with van der Waals surface area (Å²) < 4.78 is 15.8. The quantitative estimate of drug-likeness (QED) is 0.222. The summed E-state index contributed by atoms with van der Waals surface area (Å²) in [4.78, 5) is 39.9. The zero-order chi connectivity index (χ0) is 29.0. The first-order valence-electron chi connectivity index (χ1n) is 13.4. The van der Waals surface area contributed by atoms with E-state index in [4.69, 9.17) is 14.0 Å². The second-order valence-electron chi connectivity index (χ2n) is 9.36. The van der Waals surface area contributed by atoms with Gasteiger partial charge in [-0.25, -0.2) is 4.79 Å². The van der Waals surface area contributed by atoms with E-state index in [1.807, 2.05) is 61.5 Å². The van der Waals surface area contributed by atoms with Crippen LogP contribution in [0.15, 0.2) is 89.5 Å². The van der Waals surface area contributed by atoms with Gasteiger partial charge in [-0.05, 0) is 60.4 Å². The lowest BCUT2D eigenvalue weighted by atomic mass is 10.1. The number of anilines is 1. The van der Waals surface area contributed by atoms with Crippen LogP contribution in [0.2, 0.25) is 0 Å². The van der Waals surface area contributed by atoms with Crippen molar-refractivity contribution in [2.75, 3.05) is 18.6 Å². The molecular weight excluding hydrogens is 522 g/mol. The van der Waals surface area contributed by atoms with Gasteiger partial charge in [0.2, 0.25) is 5.91 Å². The van der Waals surface area contributed by atoms with Crippen molar-refractivity contribution < 1.29 is 28.4 Å². The predicted octanol–water partition coefficient (Wildman–Crippen LogP) is 5.35. The first kappa shape index (κ1) is 29.1. The number of hydrogen-bond acceptors (Lipinski definition) is 7. The number of methoxy groups -OCH3 is 1. The van der Waals surface area contributed by atoms with E-state index in [9.17, 15) is 14.4 Å². The van der Waals surface area contributed by atoms with Gasteiger partial charge in [-0.1, -0.05) is 54.5 Å². The molecule has 0 aliphatic rings. The number of ether oxygens (including phenoxy) is 2. The number of hydrogen-bond donors (Lipinski definition) is 1. The number of benzene rings is 3. The van der Waals surface area contributed by atoms with Gasteiger partial charge in [0, 0.05) is 24.7 Å². The van der Waals surface area contributed by atoms with E-state index in [-0.39, 0.29) is 24.6 Å². The van der Waals surface area contributed by atoms with Crippen molar-refractivity contribution in [3.63, 3.8) is 0 Å². The number of carbonyl (C=O) groups excluding carboxylic acids is 3. The fourth-order valence-electron chi connectivity index (χ4n) is 4.08. The molecule has 4 rings (SSSR count). The van der Waals surface area contributed by atoms with Crippen LogP contribution in [0, 0.1) is 0 Å². The van der Waals surface area contributed by atoms with Gasteiger partial charge in [0.15, 0.2) is 11.5 Å². The third-order valence-corrected chi connectivity index (χ3v) is 6.34. The maximum Gasteiger partial charge on any atom is 0.338 e. The molecule has 0 aliphatic carbocycles. The number of carbonyl (C=O) groups is 3. The normalized spacial score (nSPS) is 10.6. The molecule has 0 bridgehead atoms. The minimum atomic E-state index is -0.416. The Morgan fingerprint density at radius 3 is 2.34 bits per heavy atom. The van der Waals surface area contributed by atoms with Crippen molar-refractivity contribution in [2.24, 2.45) is 0 Å². The largest absolute Gasteiger partial charge is 0.497 e. The van der Waals surface area contributed by atoms with E-state index in [0.29, 0.717) is 36.6 Å². The van der Waals surface area contributed by atoms with Crippen molar-refractivity contribution in [2.45, 2.75) is 39.3 Å². The molecule has 1 N–H and O–H groups in total. The molecule has 1 aromatic heterocycles. The first-order chi connectivity index (χ1) is 20.0. The molecule has 41 heavy (non-hydrogen) atoms. The number of rotatable bonds is 13. The fourth-order valence-corrected chi connectivity index (χ4v) is 4.08. The molecule has 0 radical (unpaired) electrons. The van der Waals surface area contributed by atoms with Gasteiger partial charge >= 0.3 is 5.97 Å². The maximum absolute atomic E-state index is 13.4. The zero-order valence-electron chi connectivity index (χ0n) is 23.2. The van der Waals surface area contributed by atoms with Crippen LogP contribution in [0.25, 0.3) is 0 Å². The molecular formula is C32H33N3O6. The van der Waals surface area contributed by atoms with Gasteiger partial charge in [0.05, 0.1) is 25.8 Å². The predicted molar refractivity (Wildman–Crippen MR) is 154 cm³/mol. The Labute approximate surface area is 239 Å². The van der Waals surface area contributed by atoms with Gasteiger partial charge in [0.1, 0.15) is 5.75 Å². The van der Waals surface area contributed by atoms with E-state index in [2.05, 4.69) is 10.5 Å². The van der Waals surface area contributed by atoms with Crippen LogP contribution in [-0.2, 0) is 29.0 Å². The van der Waals surface area contributed by atoms with Crippen LogP contribution >= 0.6 is 0 Å². The number of amides is 2. The highest BCUT2D eigenvalue weighted by Crippen LogP contribution is 2.21. The van der Waals surface area contributed by atoms with Crippen molar-refractivity contribution in [3.8, 4) is 5.75 Å². The maximum atomic E-state index is 13.4. The topological polar surface area (TPSA) is 111 Å². The average molecular weight is 556 g/mol. The van der Waals surface area contributed by atoms with E-state index in [1.54, 1.807) is 36.3 Å². The summed E-state index contributed by atoms with van der Waals surface area (Å²) in [6.45, 7) is 2.63. The smallest absolute Gasteiger partial charge is 0.338 e. The Bertz CT molecular complexity index is 1430. The highest BCUT2D eigenvalue weighted by molar-refractivity contribution is 5.95. The van der Waals surface area contributed by atoms with Gasteiger partial charge in [-0.15, -0.1) is 0 Å². The second-order valence-corrected chi connectivity index (χ2v) is 9.36. The zero-order valence-corrected chi connectivity index (χ0v) is 23.2. The minimum Gasteiger partial charge on any atom is -0.497 e. The molecule has 3 aromatic carbocycles. The second kappa shape index (κ2) is 14.5. The van der Waals surface area contributed by atoms with E-state index in [0.717, 1.165) is 23.3 Å². The first-order valence-corrected chi connectivity index (χ1v) is 13.4. The lowest BCUT2D eigenvalue weighted by molar-refractivity contribution is -0.118. The van der Waals surface area contributed by atoms with Crippen LogP contribution in [0.5, 0.6) is 5.75 Å². The molecule has 0 saturated heterocycles. The summed E-state index contributed by atoms with van der Waals surface area (Å²) in [5, 5.41) is 6.73. The molecule has 0 atom stereocenters. The summed E-state index contributed by atoms with van der Waals surface area (Å²) in [7, 11) is 1.59. The summed E-state index contributed by atoms with van der Waals surface area (Å²) in [6, 6.07) is 25.3. The molecule has 212 valence electrons. The van der Waals surface area contributed by atoms with E-state index < -0.39 is 11.9 Å². The van der Waals surface area contributed by atoms with Gasteiger partial charge in [0.25, 0.3) is 5.91 Å². The van der Waals surface area contributed by atoms with E-state index >= 15 is 0 Å². The van der Waals surface area contributed by atoms with Gasteiger partial charge in [-0.2, -0.15) is 0 Å². The Balaban J connectivity index is 1.45. The molecule has 2 amide bonds. The molecule has 1 heterocycles. The van der Waals surface area contributed by atoms with E-state index in [1.165, 1.54) is 6.07 Å². The number of esters is 1. The van der Waals surface area contributed by atoms with Crippen molar-refractivity contribution in [3.05, 3.63) is 113 Å². The van der Waals surface area contributed by atoms with Gasteiger partial charge < -0.3 is 24.2 Å². The highest BCUT2D eigenvalue weighted by Gasteiger charge is 2.21. The van der Waals surface area contributed by atoms with Crippen LogP contribution in [-0.4, -0.2) is 36.7 Å². The Hall–Kier alpha value is -4.92. The SMILES string of the molecule is CCCOC(=O)c1ccc(N(Cc2cc(C(=O)NCc3ccc(OC)cc3)no2)C(=O)CCc2ccccc2)cc1. The number of aryl methyl sites for hydroxylation is 1. The molecule has 0 fully saturated rings. The standard InChI is InChI=1S/C32H33N3O6/c1-3-19-40-32(38)25-12-14-26(15-13-25)35(30(36)18-11-23-7-5-4-6-8-23)22-28-20-29(34-41-28)31(37)33-21-24-9-16-27(39-2)17-10-24/h4-10,12-17,20H,3,11,18-19,21-22H2,1-2H3,(H,33,37). The van der Waals surface area contributed by atoms with Crippen LogP contribution in [0.4, 0.5) is 5.69 Å². The molecule has 0 unspecified atom stereocenters. The number of nitrogens with zero attached hydrogens (tertiary/aromatic N) is 2. The molecule has 0 saturated carbocycles. The van der Waals surface area contributed by atoms with Crippen LogP contribution in [0.3, 0.4) is 0 Å². The highest BCUT2D eigenvalue weighted by atomic mass is 16.5. The molecule has 9 nitrogen and oxygen atoms in total. The van der Waals surface area contributed by atoms with Crippen molar-refractivity contribution in [1.29, 1.82) is 0 Å². The Kier molecular flexibility index (Phi) is 10.3. The van der Waals surface area contributed by atoms with Crippen molar-refractivity contribution >= 4 is 23.5 Å². The van der Waals surface area contributed by atoms with Crippen molar-refractivity contribution in [1.82, 2.24) is 10.5 Å². The summed E-state index contributed by atoms with van der Waals surface area (Å²) in [5.41, 5.74) is 3.04. The summed E-state index contributed by atoms with van der Waals surface area (Å²) >= 11 is 0. The lowest BCUT2D eigenvalue weighted by Crippen LogP contribution is -2.30. The summed E-state index contributed by atoms with van der Waals surface area (Å²) in [6.07, 6.45) is 1.55. The third kappa shape index (κ3) is 8.28. The van der Waals surface area contributed by atoms with Crippen LogP contribution in [0.1, 0.15) is 57.5 Å². The summed E-state index contributed by atoms with van der Waals surface area (Å²) in [5.74, 6) is 0.125. The molecule has 0 spiro atoms. The Morgan fingerprint density at radius 1 is 0.927 bits per heavy atom. The fraction of sp³-hybridized carbons (Fsp3) is 0.250. The number of aromatic nitrogens is 1. The molecule has 9 heteroatoms.